The summed E-state index contributed by atoms with van der Waals surface area (Å²) in [6.45, 7) is 3.23. The van der Waals surface area contributed by atoms with E-state index in [9.17, 15) is 9.59 Å². The first kappa shape index (κ1) is 11.3. The fourth-order valence-corrected chi connectivity index (χ4v) is 7.40. The van der Waals surface area contributed by atoms with Crippen LogP contribution in [0.3, 0.4) is 0 Å². The molecular weight excluding hydrogens is 268 g/mol. The molecule has 1 heterocycles. The predicted octanol–water partition coefficient (Wildman–Crippen LogP) is 1.90. The Labute approximate surface area is 122 Å². The molecule has 4 heteroatoms. The zero-order valence-electron chi connectivity index (χ0n) is 12.2. The van der Waals surface area contributed by atoms with Gasteiger partial charge in [0, 0.05) is 13.8 Å². The van der Waals surface area contributed by atoms with E-state index in [1.807, 2.05) is 0 Å². The van der Waals surface area contributed by atoms with E-state index >= 15 is 0 Å². The van der Waals surface area contributed by atoms with Gasteiger partial charge in [-0.1, -0.05) is 0 Å². The molecule has 5 aliphatic carbocycles. The first-order valence-corrected chi connectivity index (χ1v) is 8.19. The van der Waals surface area contributed by atoms with Crippen LogP contribution in [0.2, 0.25) is 0 Å². The third-order valence-electron chi connectivity index (χ3n) is 7.46. The number of rotatable bonds is 0. The number of hydrogen-bond donors (Lipinski definition) is 0. The lowest BCUT2D eigenvalue weighted by molar-refractivity contribution is -0.222. The molecule has 0 N–H and O–H groups in total. The maximum atomic E-state index is 12.4. The summed E-state index contributed by atoms with van der Waals surface area (Å²) in [4.78, 5) is 24.8. The highest BCUT2D eigenvalue weighted by molar-refractivity contribution is 6.16. The number of hydrogen-bond acceptors (Lipinski definition) is 4. The van der Waals surface area contributed by atoms with E-state index < -0.39 is 17.7 Å². The minimum atomic E-state index is -1.13. The van der Waals surface area contributed by atoms with Gasteiger partial charge in [-0.2, -0.15) is 0 Å². The van der Waals surface area contributed by atoms with Crippen LogP contribution in [0.5, 0.6) is 0 Å². The fraction of sp³-hybridized carbons (Fsp3) is 0.765. The van der Waals surface area contributed by atoms with Crippen LogP contribution in [0.25, 0.3) is 0 Å². The van der Waals surface area contributed by atoms with Crippen LogP contribution < -0.4 is 0 Å². The van der Waals surface area contributed by atoms with Crippen LogP contribution in [0.1, 0.15) is 26.7 Å². The summed E-state index contributed by atoms with van der Waals surface area (Å²) in [6.07, 6.45) is 2.67. The summed E-state index contributed by atoms with van der Waals surface area (Å²) in [5.74, 6) is 3.74. The van der Waals surface area contributed by atoms with Gasteiger partial charge >= 0.3 is 11.9 Å². The van der Waals surface area contributed by atoms with E-state index in [2.05, 4.69) is 0 Å². The average molecular weight is 286 g/mol. The molecule has 1 aliphatic heterocycles. The lowest BCUT2D eigenvalue weighted by atomic mass is 9.58. The minimum absolute atomic E-state index is 0.271. The first-order valence-electron chi connectivity index (χ1n) is 8.19. The van der Waals surface area contributed by atoms with Gasteiger partial charge in [0.1, 0.15) is 5.57 Å². The standard InChI is InChI=1S/C17H18O4/c1-17(2)20-15(18)14(16(19)21-17)13-10-6-4-7-9-5(6)3-8(10)11(9)12(7)13/h5-12H,3-4H2,1-2H3/t5-,6?,7?,8+,9?,10?,11?,12?/m1/s1. The van der Waals surface area contributed by atoms with Crippen molar-refractivity contribution in [2.75, 3.05) is 0 Å². The molecular formula is C17H18O4. The molecule has 0 aromatic carbocycles. The lowest BCUT2D eigenvalue weighted by Crippen LogP contribution is -2.45. The van der Waals surface area contributed by atoms with Crippen molar-refractivity contribution in [3.05, 3.63) is 11.1 Å². The van der Waals surface area contributed by atoms with Crippen molar-refractivity contribution in [2.24, 2.45) is 47.3 Å². The monoisotopic (exact) mass is 286 g/mol. The number of ether oxygens (including phenoxy) is 2. The summed E-state index contributed by atoms with van der Waals surface area (Å²) < 4.78 is 10.7. The summed E-state index contributed by atoms with van der Waals surface area (Å²) in [6, 6.07) is 0. The fourth-order valence-electron chi connectivity index (χ4n) is 7.40. The molecule has 0 amide bonds. The quantitative estimate of drug-likeness (QED) is 0.388. The number of allylic oxidation sites excluding steroid dienone is 1. The smallest absolute Gasteiger partial charge is 0.348 e. The second kappa shape index (κ2) is 2.92. The summed E-state index contributed by atoms with van der Waals surface area (Å²) in [7, 11) is 0. The van der Waals surface area contributed by atoms with Crippen LogP contribution in [0.15, 0.2) is 11.1 Å². The Bertz CT molecular complexity index is 632. The van der Waals surface area contributed by atoms with E-state index in [1.165, 1.54) is 12.8 Å². The third kappa shape index (κ3) is 0.984. The van der Waals surface area contributed by atoms with Crippen molar-refractivity contribution < 1.29 is 19.1 Å². The molecule has 2 bridgehead atoms. The number of carbonyl (C=O) groups excluding carboxylic acids is 2. The van der Waals surface area contributed by atoms with E-state index in [4.69, 9.17) is 9.47 Å². The van der Waals surface area contributed by atoms with Gasteiger partial charge in [-0.15, -0.1) is 0 Å². The molecule has 6 rings (SSSR count). The van der Waals surface area contributed by atoms with Gasteiger partial charge in [0.25, 0.3) is 5.79 Å². The van der Waals surface area contributed by atoms with Crippen molar-refractivity contribution >= 4 is 11.9 Å². The highest BCUT2D eigenvalue weighted by Crippen LogP contribution is 2.84. The Kier molecular flexibility index (Phi) is 1.57. The second-order valence-corrected chi connectivity index (χ2v) is 8.34. The van der Waals surface area contributed by atoms with Crippen molar-refractivity contribution in [3.63, 3.8) is 0 Å². The highest BCUT2D eigenvalue weighted by atomic mass is 16.7. The molecule has 5 saturated carbocycles. The van der Waals surface area contributed by atoms with Crippen molar-refractivity contribution in [3.8, 4) is 0 Å². The Morgan fingerprint density at radius 1 is 0.857 bits per heavy atom. The molecule has 6 aliphatic rings. The van der Waals surface area contributed by atoms with Gasteiger partial charge in [-0.05, 0) is 65.8 Å². The molecule has 0 aromatic rings. The van der Waals surface area contributed by atoms with Crippen LogP contribution >= 0.6 is 0 Å². The third-order valence-corrected chi connectivity index (χ3v) is 7.46. The maximum absolute atomic E-state index is 12.4. The molecule has 0 aromatic heterocycles. The molecule has 8 atom stereocenters. The number of fused-ring (bicyclic) bond motifs is 2. The predicted molar refractivity (Wildman–Crippen MR) is 70.4 cm³/mol. The maximum Gasteiger partial charge on any atom is 0.348 e. The van der Waals surface area contributed by atoms with Gasteiger partial charge in [0.05, 0.1) is 0 Å². The molecule has 6 unspecified atom stereocenters. The SMILES string of the molecule is CC1(C)OC(=O)C(=C2C3C4CC5C2[C@@H]2C[C@H]5C4C32)C(=O)O1. The van der Waals surface area contributed by atoms with E-state index in [1.54, 1.807) is 13.8 Å². The topological polar surface area (TPSA) is 52.6 Å². The highest BCUT2D eigenvalue weighted by Gasteiger charge is 2.79. The van der Waals surface area contributed by atoms with Crippen molar-refractivity contribution in [2.45, 2.75) is 32.5 Å². The normalized spacial score (nSPS) is 56.9. The van der Waals surface area contributed by atoms with Crippen molar-refractivity contribution in [1.82, 2.24) is 0 Å². The zero-order valence-corrected chi connectivity index (χ0v) is 12.2. The van der Waals surface area contributed by atoms with Crippen LogP contribution in [0.4, 0.5) is 0 Å². The van der Waals surface area contributed by atoms with Gasteiger partial charge in [-0.3, -0.25) is 0 Å². The second-order valence-electron chi connectivity index (χ2n) is 8.34. The molecule has 21 heavy (non-hydrogen) atoms. The Balaban J connectivity index is 1.53. The van der Waals surface area contributed by atoms with E-state index in [0.29, 0.717) is 11.8 Å². The summed E-state index contributed by atoms with van der Waals surface area (Å²) >= 11 is 0. The van der Waals surface area contributed by atoms with Crippen LogP contribution in [-0.2, 0) is 19.1 Å². The molecule has 0 radical (unpaired) electrons. The molecule has 0 spiro atoms. The molecule has 110 valence electrons. The van der Waals surface area contributed by atoms with Gasteiger partial charge in [-0.25, -0.2) is 9.59 Å². The van der Waals surface area contributed by atoms with Gasteiger partial charge in [0.2, 0.25) is 0 Å². The first-order chi connectivity index (χ1) is 9.98. The molecule has 1 saturated heterocycles. The minimum Gasteiger partial charge on any atom is -0.419 e. The van der Waals surface area contributed by atoms with E-state index in [-0.39, 0.29) is 5.57 Å². The van der Waals surface area contributed by atoms with Crippen molar-refractivity contribution in [1.29, 1.82) is 0 Å². The lowest BCUT2D eigenvalue weighted by Gasteiger charge is -2.46. The Hall–Kier alpha value is -1.32. The largest absolute Gasteiger partial charge is 0.419 e. The molecule has 6 fully saturated rings. The molecule has 4 nitrogen and oxygen atoms in total. The Morgan fingerprint density at radius 2 is 1.48 bits per heavy atom. The Morgan fingerprint density at radius 3 is 2.19 bits per heavy atom. The van der Waals surface area contributed by atoms with Crippen LogP contribution in [-0.4, -0.2) is 17.7 Å². The average Bonchev–Trinajstić information content (AvgIpc) is 2.85. The number of cyclic esters (lactones) is 2. The van der Waals surface area contributed by atoms with Crippen LogP contribution in [0, 0.1) is 47.3 Å². The van der Waals surface area contributed by atoms with Gasteiger partial charge < -0.3 is 9.47 Å². The number of carbonyl (C=O) groups is 2. The summed E-state index contributed by atoms with van der Waals surface area (Å²) in [5, 5.41) is 0. The summed E-state index contributed by atoms with van der Waals surface area (Å²) in [5.41, 5.74) is 1.42. The van der Waals surface area contributed by atoms with Gasteiger partial charge in [0.15, 0.2) is 0 Å². The number of esters is 2. The van der Waals surface area contributed by atoms with E-state index in [0.717, 1.165) is 41.1 Å². The zero-order chi connectivity index (χ0) is 14.3.